The van der Waals surface area contributed by atoms with E-state index in [0.29, 0.717) is 5.75 Å². The van der Waals surface area contributed by atoms with E-state index in [1.807, 2.05) is 20.8 Å². The van der Waals surface area contributed by atoms with Gasteiger partial charge in [0.25, 0.3) is 7.52 Å². The fraction of sp³-hybridized carbons (Fsp3) is 0.900. The number of carbonyl (C=O) groups is 1. The van der Waals surface area contributed by atoms with Crippen molar-refractivity contribution in [1.29, 1.82) is 0 Å². The van der Waals surface area contributed by atoms with Gasteiger partial charge in [0.2, 0.25) is 0 Å². The molecule has 0 aromatic rings. The summed E-state index contributed by atoms with van der Waals surface area (Å²) in [4.78, 5) is 11.5. The number of nitrogens with two attached hydrogens (primary N) is 1. The molecule has 0 saturated carbocycles. The molecule has 0 amide bonds. The standard InChI is InChI=1S/C10H22NO3PS/c1-8(2)15(11,13)14-6-7-16-9(12)10(3,4)5/h8H,6-7H2,1-5H3,(H2,11,13). The molecule has 0 bridgehead atoms. The van der Waals surface area contributed by atoms with Gasteiger partial charge < -0.3 is 4.52 Å². The summed E-state index contributed by atoms with van der Waals surface area (Å²) >= 11 is 1.20. The molecular weight excluding hydrogens is 245 g/mol. The molecule has 0 rings (SSSR count). The second kappa shape index (κ2) is 6.20. The summed E-state index contributed by atoms with van der Waals surface area (Å²) in [6, 6.07) is 0. The molecule has 0 saturated heterocycles. The van der Waals surface area contributed by atoms with Crippen LogP contribution in [0, 0.1) is 5.41 Å². The molecule has 1 unspecified atom stereocenters. The van der Waals surface area contributed by atoms with Gasteiger partial charge in [-0.3, -0.25) is 14.9 Å². The summed E-state index contributed by atoms with van der Waals surface area (Å²) in [6.07, 6.45) is 0. The Morgan fingerprint density at radius 2 is 1.94 bits per heavy atom. The highest BCUT2D eigenvalue weighted by Gasteiger charge is 2.24. The molecule has 0 aromatic carbocycles. The Kier molecular flexibility index (Phi) is 6.26. The summed E-state index contributed by atoms with van der Waals surface area (Å²) in [5.74, 6) is 0.490. The molecular formula is C10H22NO3PS. The first-order valence-electron chi connectivity index (χ1n) is 5.27. The Labute approximate surface area is 102 Å². The third-order valence-corrected chi connectivity index (χ3v) is 5.21. The molecule has 16 heavy (non-hydrogen) atoms. The van der Waals surface area contributed by atoms with Gasteiger partial charge in [-0.1, -0.05) is 46.4 Å². The largest absolute Gasteiger partial charge is 0.317 e. The van der Waals surface area contributed by atoms with Gasteiger partial charge in [0.15, 0.2) is 5.12 Å². The highest BCUT2D eigenvalue weighted by atomic mass is 32.2. The lowest BCUT2D eigenvalue weighted by Gasteiger charge is -2.18. The van der Waals surface area contributed by atoms with E-state index in [1.54, 1.807) is 13.8 Å². The minimum atomic E-state index is -2.99. The fourth-order valence-electron chi connectivity index (χ4n) is 0.680. The lowest BCUT2D eigenvalue weighted by atomic mass is 10.00. The molecule has 0 radical (unpaired) electrons. The maximum absolute atomic E-state index is 11.6. The number of rotatable bonds is 5. The third kappa shape index (κ3) is 6.04. The lowest BCUT2D eigenvalue weighted by Crippen LogP contribution is -2.18. The minimum Gasteiger partial charge on any atom is -0.317 e. The molecule has 0 aromatic heterocycles. The Hall–Kier alpha value is 0.170. The summed E-state index contributed by atoms with van der Waals surface area (Å²) in [7, 11) is -2.99. The van der Waals surface area contributed by atoms with Crippen molar-refractivity contribution >= 4 is 24.4 Å². The van der Waals surface area contributed by atoms with Crippen LogP contribution in [0.4, 0.5) is 0 Å². The zero-order valence-corrected chi connectivity index (χ0v) is 12.4. The van der Waals surface area contributed by atoms with Crippen LogP contribution in [-0.2, 0) is 13.9 Å². The van der Waals surface area contributed by atoms with Crippen molar-refractivity contribution in [2.75, 3.05) is 12.4 Å². The zero-order chi connectivity index (χ0) is 13.0. The average molecular weight is 267 g/mol. The minimum absolute atomic E-state index is 0.104. The second-order valence-corrected chi connectivity index (χ2v) is 8.61. The predicted molar refractivity (Wildman–Crippen MR) is 69.8 cm³/mol. The number of hydrogen-bond donors (Lipinski definition) is 1. The highest BCUT2D eigenvalue weighted by Crippen LogP contribution is 2.43. The van der Waals surface area contributed by atoms with Crippen molar-refractivity contribution in [3.05, 3.63) is 0 Å². The van der Waals surface area contributed by atoms with Crippen molar-refractivity contribution in [3.8, 4) is 0 Å². The van der Waals surface area contributed by atoms with Crippen molar-refractivity contribution in [3.63, 3.8) is 0 Å². The fourth-order valence-corrected chi connectivity index (χ4v) is 2.26. The van der Waals surface area contributed by atoms with Gasteiger partial charge in [-0.05, 0) is 0 Å². The predicted octanol–water partition coefficient (Wildman–Crippen LogP) is 2.87. The number of hydrogen-bond acceptors (Lipinski definition) is 4. The van der Waals surface area contributed by atoms with Crippen LogP contribution in [0.25, 0.3) is 0 Å². The van der Waals surface area contributed by atoms with Crippen molar-refractivity contribution in [2.45, 2.75) is 40.3 Å². The third-order valence-electron chi connectivity index (χ3n) is 1.94. The molecule has 0 fully saturated rings. The lowest BCUT2D eigenvalue weighted by molar-refractivity contribution is -0.117. The van der Waals surface area contributed by atoms with E-state index in [0.717, 1.165) is 0 Å². The molecule has 96 valence electrons. The number of thioether (sulfide) groups is 1. The smallest absolute Gasteiger partial charge is 0.269 e. The normalized spacial score (nSPS) is 16.2. The van der Waals surface area contributed by atoms with Gasteiger partial charge >= 0.3 is 0 Å². The Balaban J connectivity index is 3.87. The van der Waals surface area contributed by atoms with E-state index in [4.69, 9.17) is 10.0 Å². The summed E-state index contributed by atoms with van der Waals surface area (Å²) in [5, 5.41) is 0.104. The van der Waals surface area contributed by atoms with E-state index < -0.39 is 7.52 Å². The molecule has 2 N–H and O–H groups in total. The first-order valence-corrected chi connectivity index (χ1v) is 8.02. The van der Waals surface area contributed by atoms with Crippen molar-refractivity contribution in [1.82, 2.24) is 0 Å². The SMILES string of the molecule is CC(C)P(N)(=O)OCCSC(=O)C(C)(C)C. The Morgan fingerprint density at radius 1 is 1.44 bits per heavy atom. The van der Waals surface area contributed by atoms with E-state index in [1.165, 1.54) is 11.8 Å². The van der Waals surface area contributed by atoms with Crippen molar-refractivity contribution < 1.29 is 13.9 Å². The van der Waals surface area contributed by atoms with E-state index in [9.17, 15) is 9.36 Å². The Morgan fingerprint density at radius 3 is 2.31 bits per heavy atom. The second-order valence-electron chi connectivity index (χ2n) is 4.96. The summed E-state index contributed by atoms with van der Waals surface area (Å²) in [6.45, 7) is 9.36. The van der Waals surface area contributed by atoms with Gasteiger partial charge in [0, 0.05) is 16.8 Å². The van der Waals surface area contributed by atoms with Crippen LogP contribution >= 0.6 is 19.3 Å². The molecule has 0 heterocycles. The molecule has 0 aliphatic carbocycles. The van der Waals surface area contributed by atoms with Crippen LogP contribution in [0.3, 0.4) is 0 Å². The van der Waals surface area contributed by atoms with Gasteiger partial charge in [0.1, 0.15) is 0 Å². The topological polar surface area (TPSA) is 69.4 Å². The summed E-state index contributed by atoms with van der Waals surface area (Å²) in [5.41, 5.74) is 4.96. The van der Waals surface area contributed by atoms with Crippen LogP contribution in [0.1, 0.15) is 34.6 Å². The van der Waals surface area contributed by atoms with E-state index in [2.05, 4.69) is 0 Å². The van der Waals surface area contributed by atoms with Crippen LogP contribution in [0.15, 0.2) is 0 Å². The van der Waals surface area contributed by atoms with Crippen LogP contribution in [0.2, 0.25) is 0 Å². The van der Waals surface area contributed by atoms with Gasteiger partial charge in [-0.2, -0.15) is 0 Å². The number of carbonyl (C=O) groups excluding carboxylic acids is 1. The van der Waals surface area contributed by atoms with E-state index >= 15 is 0 Å². The first-order chi connectivity index (χ1) is 7.07. The monoisotopic (exact) mass is 267 g/mol. The maximum atomic E-state index is 11.6. The molecule has 0 spiro atoms. The molecule has 6 heteroatoms. The zero-order valence-electron chi connectivity index (χ0n) is 10.6. The van der Waals surface area contributed by atoms with Gasteiger partial charge in [-0.25, -0.2) is 0 Å². The average Bonchev–Trinajstić information content (AvgIpc) is 2.10. The van der Waals surface area contributed by atoms with Crippen molar-refractivity contribution in [2.24, 2.45) is 10.9 Å². The van der Waals surface area contributed by atoms with Crippen LogP contribution in [-0.4, -0.2) is 23.1 Å². The Bertz CT molecular complexity index is 286. The van der Waals surface area contributed by atoms with E-state index in [-0.39, 0.29) is 22.8 Å². The van der Waals surface area contributed by atoms with Gasteiger partial charge in [0.05, 0.1) is 6.61 Å². The van der Waals surface area contributed by atoms with Crippen LogP contribution < -0.4 is 5.50 Å². The van der Waals surface area contributed by atoms with Crippen LogP contribution in [0.5, 0.6) is 0 Å². The summed E-state index contributed by atoms with van der Waals surface area (Å²) < 4.78 is 16.7. The first kappa shape index (κ1) is 16.2. The molecule has 0 aliphatic rings. The van der Waals surface area contributed by atoms with Gasteiger partial charge in [-0.15, -0.1) is 0 Å². The molecule has 1 atom stereocenters. The molecule has 0 aliphatic heterocycles. The maximum Gasteiger partial charge on any atom is 0.269 e. The highest BCUT2D eigenvalue weighted by molar-refractivity contribution is 8.13. The molecule has 4 nitrogen and oxygen atoms in total. The quantitative estimate of drug-likeness (QED) is 0.612.